The molecular weight excluding hydrogens is 388 g/mol. The zero-order valence-electron chi connectivity index (χ0n) is 16.5. The minimum atomic E-state index is -0.128. The highest BCUT2D eigenvalue weighted by Crippen LogP contribution is 2.31. The van der Waals surface area contributed by atoms with Gasteiger partial charge in [0.25, 0.3) is 0 Å². The van der Waals surface area contributed by atoms with Crippen molar-refractivity contribution >= 4 is 33.7 Å². The van der Waals surface area contributed by atoms with Crippen LogP contribution in [0.3, 0.4) is 0 Å². The highest BCUT2D eigenvalue weighted by molar-refractivity contribution is 7.19. The molecule has 0 unspecified atom stereocenters. The molecule has 152 valence electrons. The van der Waals surface area contributed by atoms with Gasteiger partial charge in [-0.25, -0.2) is 0 Å². The molecule has 1 aliphatic heterocycles. The Labute approximate surface area is 174 Å². The van der Waals surface area contributed by atoms with Gasteiger partial charge in [0.2, 0.25) is 19.1 Å². The molecule has 0 radical (unpaired) electrons. The Morgan fingerprint density at radius 2 is 1.79 bits per heavy atom. The first kappa shape index (κ1) is 20.7. The monoisotopic (exact) mass is 412 g/mol. The SMILES string of the molecule is Cc1sc2ccccc2c1CCNC(=O)CN(C)C=O.c1ccc2c(c1)OCO2. The minimum absolute atomic E-state index is 0.104. The summed E-state index contributed by atoms with van der Waals surface area (Å²) in [5.74, 6) is 1.56. The Hall–Kier alpha value is -3.06. The number of amides is 2. The van der Waals surface area contributed by atoms with E-state index in [0.29, 0.717) is 19.7 Å². The number of carbonyl (C=O) groups excluding carboxylic acids is 2. The van der Waals surface area contributed by atoms with Gasteiger partial charge in [-0.2, -0.15) is 0 Å². The van der Waals surface area contributed by atoms with Crippen LogP contribution in [0.25, 0.3) is 10.1 Å². The summed E-state index contributed by atoms with van der Waals surface area (Å²) < 4.78 is 11.4. The van der Waals surface area contributed by atoms with Gasteiger partial charge in [-0.15, -0.1) is 11.3 Å². The number of aryl methyl sites for hydroxylation is 1. The van der Waals surface area contributed by atoms with Gasteiger partial charge in [0, 0.05) is 23.2 Å². The fraction of sp³-hybridized carbons (Fsp3) is 0.273. The van der Waals surface area contributed by atoms with E-state index in [1.54, 1.807) is 18.4 Å². The van der Waals surface area contributed by atoms with Crippen LogP contribution < -0.4 is 14.8 Å². The first-order chi connectivity index (χ1) is 14.1. The lowest BCUT2D eigenvalue weighted by Crippen LogP contribution is -2.35. The molecule has 1 N–H and O–H groups in total. The van der Waals surface area contributed by atoms with E-state index in [-0.39, 0.29) is 12.5 Å². The summed E-state index contributed by atoms with van der Waals surface area (Å²) in [4.78, 5) is 24.6. The van der Waals surface area contributed by atoms with Crippen molar-refractivity contribution in [2.45, 2.75) is 13.3 Å². The lowest BCUT2D eigenvalue weighted by atomic mass is 10.1. The Bertz CT molecular complexity index is 963. The molecule has 6 nitrogen and oxygen atoms in total. The van der Waals surface area contributed by atoms with Gasteiger partial charge in [-0.05, 0) is 42.5 Å². The van der Waals surface area contributed by atoms with Gasteiger partial charge < -0.3 is 19.7 Å². The summed E-state index contributed by atoms with van der Waals surface area (Å²) in [6.45, 7) is 3.17. The smallest absolute Gasteiger partial charge is 0.239 e. The Balaban J connectivity index is 0.000000220. The number of ether oxygens (including phenoxy) is 2. The van der Waals surface area contributed by atoms with Crippen molar-refractivity contribution in [3.8, 4) is 11.5 Å². The first-order valence-electron chi connectivity index (χ1n) is 9.32. The summed E-state index contributed by atoms with van der Waals surface area (Å²) in [7, 11) is 1.59. The quantitative estimate of drug-likeness (QED) is 0.631. The Morgan fingerprint density at radius 3 is 2.48 bits per heavy atom. The summed E-state index contributed by atoms with van der Waals surface area (Å²) in [5, 5.41) is 4.12. The molecule has 2 aromatic carbocycles. The number of likely N-dealkylation sites (N-methyl/N-ethyl adjacent to an activating group) is 1. The molecule has 29 heavy (non-hydrogen) atoms. The standard InChI is InChI=1S/C15H18N2O2S.C7H6O2/c1-11-12(13-5-3-4-6-14(13)20-11)7-8-16-15(19)9-17(2)10-18;1-2-4-7-6(3-1)8-5-9-7/h3-6,10H,7-9H2,1-2H3,(H,16,19);1-4H,5H2. The number of thiophene rings is 1. The van der Waals surface area contributed by atoms with E-state index in [4.69, 9.17) is 9.47 Å². The van der Waals surface area contributed by atoms with E-state index in [2.05, 4.69) is 24.4 Å². The van der Waals surface area contributed by atoms with Crippen molar-refractivity contribution in [1.29, 1.82) is 0 Å². The molecule has 0 spiro atoms. The Morgan fingerprint density at radius 1 is 1.14 bits per heavy atom. The maximum absolute atomic E-state index is 11.6. The topological polar surface area (TPSA) is 67.9 Å². The molecule has 2 heterocycles. The third-order valence-electron chi connectivity index (χ3n) is 4.45. The number of carbonyl (C=O) groups is 2. The number of benzene rings is 2. The van der Waals surface area contributed by atoms with Crippen LogP contribution in [0.15, 0.2) is 48.5 Å². The molecule has 0 aliphatic carbocycles. The van der Waals surface area contributed by atoms with E-state index in [1.807, 2.05) is 36.4 Å². The van der Waals surface area contributed by atoms with Crippen LogP contribution in [-0.4, -0.2) is 44.1 Å². The largest absolute Gasteiger partial charge is 0.454 e. The lowest BCUT2D eigenvalue weighted by molar-refractivity contribution is -0.127. The molecule has 2 amide bonds. The number of nitrogens with zero attached hydrogens (tertiary/aromatic N) is 1. The number of hydrogen-bond donors (Lipinski definition) is 1. The molecule has 7 heteroatoms. The van der Waals surface area contributed by atoms with Crippen molar-refractivity contribution < 1.29 is 19.1 Å². The minimum Gasteiger partial charge on any atom is -0.454 e. The van der Waals surface area contributed by atoms with Crippen LogP contribution in [-0.2, 0) is 16.0 Å². The van der Waals surface area contributed by atoms with Crippen molar-refractivity contribution in [3.05, 3.63) is 59.0 Å². The molecule has 0 bridgehead atoms. The third-order valence-corrected chi connectivity index (χ3v) is 5.58. The maximum atomic E-state index is 11.6. The van der Waals surface area contributed by atoms with Crippen molar-refractivity contribution in [3.63, 3.8) is 0 Å². The van der Waals surface area contributed by atoms with Gasteiger partial charge in [-0.1, -0.05) is 30.3 Å². The Kier molecular flexibility index (Phi) is 7.08. The van der Waals surface area contributed by atoms with Crippen LogP contribution in [0.2, 0.25) is 0 Å². The molecule has 0 atom stereocenters. The average molecular weight is 413 g/mol. The van der Waals surface area contributed by atoms with Crippen LogP contribution in [0.1, 0.15) is 10.4 Å². The zero-order chi connectivity index (χ0) is 20.6. The molecule has 3 aromatic rings. The van der Waals surface area contributed by atoms with E-state index in [1.165, 1.54) is 25.4 Å². The van der Waals surface area contributed by atoms with Gasteiger partial charge in [0.05, 0.1) is 6.54 Å². The van der Waals surface area contributed by atoms with Gasteiger partial charge in [0.15, 0.2) is 11.5 Å². The molecular formula is C22H24N2O4S. The molecule has 1 aromatic heterocycles. The number of rotatable bonds is 6. The number of hydrogen-bond acceptors (Lipinski definition) is 5. The number of nitrogens with one attached hydrogen (secondary N) is 1. The summed E-state index contributed by atoms with van der Waals surface area (Å²) in [6.07, 6.45) is 1.46. The normalized spacial score (nSPS) is 11.5. The number of fused-ring (bicyclic) bond motifs is 2. The van der Waals surface area contributed by atoms with E-state index in [0.717, 1.165) is 17.9 Å². The van der Waals surface area contributed by atoms with Crippen molar-refractivity contribution in [1.82, 2.24) is 10.2 Å². The highest BCUT2D eigenvalue weighted by Gasteiger charge is 2.10. The third kappa shape index (κ3) is 5.48. The molecule has 0 saturated heterocycles. The summed E-state index contributed by atoms with van der Waals surface area (Å²) in [6, 6.07) is 15.9. The lowest BCUT2D eigenvalue weighted by Gasteiger charge is -2.10. The molecule has 1 aliphatic rings. The molecule has 0 fully saturated rings. The second-order valence-electron chi connectivity index (χ2n) is 6.61. The second kappa shape index (κ2) is 9.93. The predicted molar refractivity (Wildman–Crippen MR) is 115 cm³/mol. The van der Waals surface area contributed by atoms with E-state index >= 15 is 0 Å². The van der Waals surface area contributed by atoms with Gasteiger partial charge in [0.1, 0.15) is 0 Å². The van der Waals surface area contributed by atoms with Crippen LogP contribution >= 0.6 is 11.3 Å². The van der Waals surface area contributed by atoms with Crippen molar-refractivity contribution in [2.75, 3.05) is 26.9 Å². The van der Waals surface area contributed by atoms with Crippen LogP contribution in [0, 0.1) is 6.92 Å². The second-order valence-corrected chi connectivity index (χ2v) is 7.86. The first-order valence-corrected chi connectivity index (χ1v) is 10.1. The van der Waals surface area contributed by atoms with E-state index < -0.39 is 0 Å². The van der Waals surface area contributed by atoms with Gasteiger partial charge >= 0.3 is 0 Å². The molecule has 4 rings (SSSR count). The predicted octanol–water partition coefficient (Wildman–Crippen LogP) is 3.37. The fourth-order valence-corrected chi connectivity index (χ4v) is 4.14. The highest BCUT2D eigenvalue weighted by atomic mass is 32.1. The summed E-state index contributed by atoms with van der Waals surface area (Å²) in [5.41, 5.74) is 1.30. The summed E-state index contributed by atoms with van der Waals surface area (Å²) >= 11 is 1.78. The maximum Gasteiger partial charge on any atom is 0.239 e. The van der Waals surface area contributed by atoms with Crippen LogP contribution in [0.4, 0.5) is 0 Å². The number of para-hydroxylation sites is 2. The van der Waals surface area contributed by atoms with E-state index in [9.17, 15) is 9.59 Å². The zero-order valence-corrected chi connectivity index (χ0v) is 17.3. The van der Waals surface area contributed by atoms with Crippen LogP contribution in [0.5, 0.6) is 11.5 Å². The molecule has 0 saturated carbocycles. The van der Waals surface area contributed by atoms with Gasteiger partial charge in [-0.3, -0.25) is 9.59 Å². The van der Waals surface area contributed by atoms with Crippen molar-refractivity contribution in [2.24, 2.45) is 0 Å². The average Bonchev–Trinajstić information content (AvgIpc) is 3.32. The fourth-order valence-electron chi connectivity index (χ4n) is 3.02.